The van der Waals surface area contributed by atoms with Crippen molar-refractivity contribution in [1.29, 1.82) is 0 Å². The van der Waals surface area contributed by atoms with Crippen molar-refractivity contribution in [3.8, 4) is 0 Å². The van der Waals surface area contributed by atoms with E-state index in [0.717, 1.165) is 0 Å². The van der Waals surface area contributed by atoms with Gasteiger partial charge in [0.2, 0.25) is 0 Å². The maximum atomic E-state index is 6.17. The van der Waals surface area contributed by atoms with Crippen LogP contribution in [0.2, 0.25) is 44.8 Å². The summed E-state index contributed by atoms with van der Waals surface area (Å²) in [6.45, 7) is 17.2. The Balaban J connectivity index is 4.37. The minimum absolute atomic E-state index is 0.477. The molecule has 0 saturated carbocycles. The van der Waals surface area contributed by atoms with E-state index in [9.17, 15) is 0 Å². The van der Waals surface area contributed by atoms with Gasteiger partial charge in [0, 0.05) is 0 Å². The molecular formula is C9H25O3Si4. The second-order valence-electron chi connectivity index (χ2n) is 5.00. The van der Waals surface area contributed by atoms with Crippen molar-refractivity contribution >= 4 is 35.9 Å². The maximum absolute atomic E-state index is 6.17. The van der Waals surface area contributed by atoms with Gasteiger partial charge >= 0.3 is 17.8 Å². The average molecular weight is 294 g/mol. The molecule has 0 aliphatic rings. The van der Waals surface area contributed by atoms with Crippen LogP contribution in [-0.4, -0.2) is 35.9 Å². The van der Waals surface area contributed by atoms with Crippen LogP contribution in [0.15, 0.2) is 0 Å². The van der Waals surface area contributed by atoms with Gasteiger partial charge in [0.25, 0.3) is 0 Å². The van der Waals surface area contributed by atoms with E-state index in [1.54, 1.807) is 0 Å². The SMILES string of the molecule is CC(C)[Si](O[Si](C)C)O[Si](C)(C)O[Si](C)C. The molecule has 0 fully saturated rings. The minimum atomic E-state index is -1.98. The molecule has 0 atom stereocenters. The fraction of sp³-hybridized carbons (Fsp3) is 1.00. The summed E-state index contributed by atoms with van der Waals surface area (Å²) in [5.41, 5.74) is 0.477. The lowest BCUT2D eigenvalue weighted by Gasteiger charge is -2.31. The molecule has 3 radical (unpaired) electrons. The Hall–Kier alpha value is 0.748. The third kappa shape index (κ3) is 7.93. The third-order valence-corrected chi connectivity index (χ3v) is 11.3. The van der Waals surface area contributed by atoms with Crippen molar-refractivity contribution in [2.75, 3.05) is 0 Å². The van der Waals surface area contributed by atoms with Crippen LogP contribution in [0.25, 0.3) is 0 Å². The van der Waals surface area contributed by atoms with E-state index in [-0.39, 0.29) is 0 Å². The minimum Gasteiger partial charge on any atom is -0.437 e. The highest BCUT2D eigenvalue weighted by Crippen LogP contribution is 2.18. The first kappa shape index (κ1) is 16.7. The lowest BCUT2D eigenvalue weighted by Crippen LogP contribution is -2.47. The fourth-order valence-electron chi connectivity index (χ4n) is 1.21. The third-order valence-electron chi connectivity index (χ3n) is 1.57. The largest absolute Gasteiger partial charge is 0.437 e. The lowest BCUT2D eigenvalue weighted by molar-refractivity contribution is 0.348. The van der Waals surface area contributed by atoms with Crippen molar-refractivity contribution < 1.29 is 12.3 Å². The summed E-state index contributed by atoms with van der Waals surface area (Å²) in [6, 6.07) is 0. The van der Waals surface area contributed by atoms with Crippen LogP contribution in [0.1, 0.15) is 13.8 Å². The van der Waals surface area contributed by atoms with Crippen molar-refractivity contribution in [2.45, 2.75) is 58.7 Å². The van der Waals surface area contributed by atoms with Gasteiger partial charge in [0.15, 0.2) is 18.1 Å². The molecule has 7 heteroatoms. The Kier molecular flexibility index (Phi) is 7.58. The number of rotatable bonds is 7. The standard InChI is InChI=1S/C9H25O3Si4/c1-9(2)15(10-13(3)4)12-16(7,8)11-14(5)6/h9H,1-8H3. The zero-order valence-electron chi connectivity index (χ0n) is 11.8. The molecule has 0 aromatic heterocycles. The van der Waals surface area contributed by atoms with E-state index in [1.165, 1.54) is 0 Å². The summed E-state index contributed by atoms with van der Waals surface area (Å²) >= 11 is 0. The summed E-state index contributed by atoms with van der Waals surface area (Å²) in [5, 5.41) is 0. The first-order valence-corrected chi connectivity index (χ1v) is 14.7. The molecule has 0 aliphatic heterocycles. The maximum Gasteiger partial charge on any atom is 0.366 e. The van der Waals surface area contributed by atoms with Gasteiger partial charge in [-0.2, -0.15) is 0 Å². The molecule has 0 aromatic rings. The van der Waals surface area contributed by atoms with Gasteiger partial charge in [0.05, 0.1) is 0 Å². The molecule has 0 N–H and O–H groups in total. The first-order chi connectivity index (χ1) is 7.14. The Morgan fingerprint density at radius 2 is 1.38 bits per heavy atom. The van der Waals surface area contributed by atoms with E-state index >= 15 is 0 Å². The fourth-order valence-corrected chi connectivity index (χ4v) is 11.7. The van der Waals surface area contributed by atoms with Crippen molar-refractivity contribution in [1.82, 2.24) is 0 Å². The van der Waals surface area contributed by atoms with Gasteiger partial charge in [-0.3, -0.25) is 0 Å². The monoisotopic (exact) mass is 293 g/mol. The normalized spacial score (nSPS) is 13.5. The van der Waals surface area contributed by atoms with Crippen molar-refractivity contribution in [3.05, 3.63) is 0 Å². The van der Waals surface area contributed by atoms with Crippen molar-refractivity contribution in [2.24, 2.45) is 0 Å². The molecule has 0 amide bonds. The van der Waals surface area contributed by atoms with E-state index < -0.39 is 35.9 Å². The summed E-state index contributed by atoms with van der Waals surface area (Å²) in [7, 11) is -4.51. The molecule has 3 nitrogen and oxygen atoms in total. The van der Waals surface area contributed by atoms with Gasteiger partial charge in [-0.05, 0) is 44.8 Å². The lowest BCUT2D eigenvalue weighted by atomic mass is 10.6. The Labute approximate surface area is 107 Å². The summed E-state index contributed by atoms with van der Waals surface area (Å²) < 4.78 is 18.1. The average Bonchev–Trinajstić information content (AvgIpc) is 1.98. The van der Waals surface area contributed by atoms with Gasteiger partial charge in [-0.1, -0.05) is 13.8 Å². The van der Waals surface area contributed by atoms with E-state index in [4.69, 9.17) is 12.3 Å². The van der Waals surface area contributed by atoms with Gasteiger partial charge < -0.3 is 12.3 Å². The second kappa shape index (κ2) is 7.24. The van der Waals surface area contributed by atoms with Gasteiger partial charge in [-0.25, -0.2) is 0 Å². The number of hydrogen-bond donors (Lipinski definition) is 0. The zero-order chi connectivity index (χ0) is 12.9. The smallest absolute Gasteiger partial charge is 0.366 e. The highest BCUT2D eigenvalue weighted by atomic mass is 28.5. The quantitative estimate of drug-likeness (QED) is 0.675. The van der Waals surface area contributed by atoms with Crippen LogP contribution in [0.5, 0.6) is 0 Å². The highest BCUT2D eigenvalue weighted by Gasteiger charge is 2.34. The molecule has 0 heterocycles. The molecule has 0 aromatic carbocycles. The second-order valence-corrected chi connectivity index (χ2v) is 15.7. The molecule has 0 unspecified atom stereocenters. The molecule has 0 bridgehead atoms. The van der Waals surface area contributed by atoms with Crippen LogP contribution in [0.4, 0.5) is 0 Å². The molecular weight excluding hydrogens is 268 g/mol. The van der Waals surface area contributed by atoms with Crippen LogP contribution in [0, 0.1) is 0 Å². The first-order valence-electron chi connectivity index (χ1n) is 5.67. The molecule has 0 rings (SSSR count). The highest BCUT2D eigenvalue weighted by molar-refractivity contribution is 6.79. The summed E-state index contributed by atoms with van der Waals surface area (Å²) in [5.74, 6) is 0. The molecule has 95 valence electrons. The summed E-state index contributed by atoms with van der Waals surface area (Å²) in [4.78, 5) is 0. The zero-order valence-corrected chi connectivity index (χ0v) is 15.8. The van der Waals surface area contributed by atoms with Crippen LogP contribution in [-0.2, 0) is 12.3 Å². The topological polar surface area (TPSA) is 27.7 Å². The molecule has 16 heavy (non-hydrogen) atoms. The van der Waals surface area contributed by atoms with Gasteiger partial charge in [0.1, 0.15) is 0 Å². The van der Waals surface area contributed by atoms with Crippen LogP contribution >= 0.6 is 0 Å². The molecule has 0 saturated heterocycles. The van der Waals surface area contributed by atoms with Crippen LogP contribution < -0.4 is 0 Å². The van der Waals surface area contributed by atoms with E-state index in [2.05, 4.69) is 53.1 Å². The van der Waals surface area contributed by atoms with Crippen molar-refractivity contribution in [3.63, 3.8) is 0 Å². The predicted molar refractivity (Wildman–Crippen MR) is 76.6 cm³/mol. The Bertz CT molecular complexity index is 197. The summed E-state index contributed by atoms with van der Waals surface area (Å²) in [6.07, 6.45) is 0. The van der Waals surface area contributed by atoms with Gasteiger partial charge in [-0.15, -0.1) is 0 Å². The molecule has 0 spiro atoms. The number of hydrogen-bond acceptors (Lipinski definition) is 3. The van der Waals surface area contributed by atoms with Crippen LogP contribution in [0.3, 0.4) is 0 Å². The Morgan fingerprint density at radius 3 is 1.69 bits per heavy atom. The predicted octanol–water partition coefficient (Wildman–Crippen LogP) is 3.14. The van der Waals surface area contributed by atoms with E-state index in [0.29, 0.717) is 5.54 Å². The van der Waals surface area contributed by atoms with E-state index in [1.807, 2.05) is 0 Å². The molecule has 0 aliphatic carbocycles. The Morgan fingerprint density at radius 1 is 0.875 bits per heavy atom.